The molecule has 2 aliphatic rings. The van der Waals surface area contributed by atoms with Crippen LogP contribution in [-0.4, -0.2) is 42.3 Å². The van der Waals surface area contributed by atoms with E-state index >= 15 is 0 Å². The Morgan fingerprint density at radius 3 is 3.05 bits per heavy atom. The van der Waals surface area contributed by atoms with Gasteiger partial charge in [-0.05, 0) is 26.2 Å². The molecule has 3 heterocycles. The van der Waals surface area contributed by atoms with E-state index in [2.05, 4.69) is 27.5 Å². The van der Waals surface area contributed by atoms with Gasteiger partial charge in [-0.1, -0.05) is 0 Å². The molecule has 118 valence electrons. The monoisotopic (exact) mass is 422 g/mol. The van der Waals surface area contributed by atoms with Crippen molar-refractivity contribution >= 4 is 41.3 Å². The molecule has 2 saturated heterocycles. The molecule has 2 N–H and O–H groups in total. The second kappa shape index (κ2) is 8.28. The molecular formula is C14H23IN4OS. The Hall–Kier alpha value is -0.410. The van der Waals surface area contributed by atoms with Crippen molar-refractivity contribution in [2.75, 3.05) is 13.1 Å². The summed E-state index contributed by atoms with van der Waals surface area (Å²) in [5.74, 6) is 0.908. The second-order valence-electron chi connectivity index (χ2n) is 5.30. The molecule has 21 heavy (non-hydrogen) atoms. The lowest BCUT2D eigenvalue weighted by atomic mass is 9.96. The number of nitrogens with one attached hydrogen (secondary N) is 2. The van der Waals surface area contributed by atoms with E-state index in [4.69, 9.17) is 4.74 Å². The molecule has 2 bridgehead atoms. The first-order chi connectivity index (χ1) is 9.85. The standard InChI is InChI=1S/C14H22N4OS.HI/c1-2-15-14(17-6-5-13-16-7-8-20-13)18-11-9-10-3-4-12(11)19-10;/h7-8,10-12H,2-6,9H2,1H3,(H2,15,17,18);1H. The normalized spacial score (nSPS) is 27.5. The maximum atomic E-state index is 5.87. The van der Waals surface area contributed by atoms with Crippen LogP contribution in [0, 0.1) is 0 Å². The molecule has 5 nitrogen and oxygen atoms in total. The highest BCUT2D eigenvalue weighted by Crippen LogP contribution is 2.34. The van der Waals surface area contributed by atoms with Gasteiger partial charge in [0.25, 0.3) is 0 Å². The molecule has 0 radical (unpaired) electrons. The third-order valence-electron chi connectivity index (χ3n) is 3.85. The molecule has 0 spiro atoms. The molecular weight excluding hydrogens is 399 g/mol. The average molecular weight is 422 g/mol. The largest absolute Gasteiger partial charge is 0.373 e. The van der Waals surface area contributed by atoms with Gasteiger partial charge in [0, 0.05) is 31.1 Å². The van der Waals surface area contributed by atoms with Gasteiger partial charge in [-0.15, -0.1) is 35.3 Å². The number of hydrogen-bond acceptors (Lipinski definition) is 4. The van der Waals surface area contributed by atoms with Crippen LogP contribution in [0.25, 0.3) is 0 Å². The SMILES string of the molecule is CCNC(=NCCc1nccs1)NC1CC2CCC1O2.I. The zero-order valence-corrected chi connectivity index (χ0v) is 15.4. The average Bonchev–Trinajstić information content (AvgIpc) is 3.16. The number of aliphatic imine (C=N–C) groups is 1. The number of thiazole rings is 1. The summed E-state index contributed by atoms with van der Waals surface area (Å²) >= 11 is 1.69. The van der Waals surface area contributed by atoms with Gasteiger partial charge in [0.15, 0.2) is 5.96 Å². The fourth-order valence-corrected chi connectivity index (χ4v) is 3.53. The molecule has 0 amide bonds. The third kappa shape index (κ3) is 4.53. The van der Waals surface area contributed by atoms with Crippen molar-refractivity contribution < 1.29 is 4.74 Å². The summed E-state index contributed by atoms with van der Waals surface area (Å²) < 4.78 is 5.87. The van der Waals surface area contributed by atoms with Crippen LogP contribution in [0.2, 0.25) is 0 Å². The lowest BCUT2D eigenvalue weighted by molar-refractivity contribution is 0.0992. The van der Waals surface area contributed by atoms with E-state index in [1.54, 1.807) is 11.3 Å². The predicted octanol–water partition coefficient (Wildman–Crippen LogP) is 2.18. The van der Waals surface area contributed by atoms with Crippen molar-refractivity contribution in [3.63, 3.8) is 0 Å². The van der Waals surface area contributed by atoms with Crippen LogP contribution in [0.4, 0.5) is 0 Å². The van der Waals surface area contributed by atoms with Crippen LogP contribution in [0.5, 0.6) is 0 Å². The minimum absolute atomic E-state index is 0. The Morgan fingerprint density at radius 2 is 2.43 bits per heavy atom. The zero-order valence-electron chi connectivity index (χ0n) is 12.2. The maximum Gasteiger partial charge on any atom is 0.191 e. The van der Waals surface area contributed by atoms with E-state index < -0.39 is 0 Å². The first kappa shape index (κ1) is 17.0. The molecule has 2 fully saturated rings. The molecule has 0 aliphatic carbocycles. The number of guanidine groups is 1. The van der Waals surface area contributed by atoms with E-state index in [1.165, 1.54) is 12.8 Å². The van der Waals surface area contributed by atoms with Gasteiger partial charge in [-0.25, -0.2) is 4.98 Å². The minimum atomic E-state index is 0. The Bertz CT molecular complexity index is 454. The van der Waals surface area contributed by atoms with Crippen molar-refractivity contribution in [3.8, 4) is 0 Å². The van der Waals surface area contributed by atoms with Gasteiger partial charge in [0.2, 0.25) is 0 Å². The number of fused-ring (bicyclic) bond motifs is 2. The highest BCUT2D eigenvalue weighted by molar-refractivity contribution is 14.0. The Labute approximate surface area is 147 Å². The van der Waals surface area contributed by atoms with Crippen molar-refractivity contribution in [1.29, 1.82) is 0 Å². The summed E-state index contributed by atoms with van der Waals surface area (Å²) in [5.41, 5.74) is 0. The van der Waals surface area contributed by atoms with E-state index in [0.29, 0.717) is 18.2 Å². The van der Waals surface area contributed by atoms with Crippen molar-refractivity contribution in [2.24, 2.45) is 4.99 Å². The highest BCUT2D eigenvalue weighted by Gasteiger charge is 2.41. The first-order valence-corrected chi connectivity index (χ1v) is 8.32. The number of rotatable bonds is 5. The van der Waals surface area contributed by atoms with Crippen molar-refractivity contribution in [3.05, 3.63) is 16.6 Å². The number of ether oxygens (including phenoxy) is 1. The summed E-state index contributed by atoms with van der Waals surface area (Å²) in [6, 6.07) is 0.423. The minimum Gasteiger partial charge on any atom is -0.373 e. The lowest BCUT2D eigenvalue weighted by Gasteiger charge is -2.22. The van der Waals surface area contributed by atoms with E-state index in [1.807, 2.05) is 11.6 Å². The fourth-order valence-electron chi connectivity index (χ4n) is 2.93. The van der Waals surface area contributed by atoms with Crippen LogP contribution in [0.1, 0.15) is 31.2 Å². The first-order valence-electron chi connectivity index (χ1n) is 7.44. The summed E-state index contributed by atoms with van der Waals surface area (Å²) in [4.78, 5) is 8.92. The predicted molar refractivity (Wildman–Crippen MR) is 96.6 cm³/mol. The maximum absolute atomic E-state index is 5.87. The molecule has 1 aromatic heterocycles. The second-order valence-corrected chi connectivity index (χ2v) is 6.28. The molecule has 7 heteroatoms. The molecule has 3 unspecified atom stereocenters. The van der Waals surface area contributed by atoms with Crippen LogP contribution >= 0.6 is 35.3 Å². The summed E-state index contributed by atoms with van der Waals surface area (Å²) in [6.45, 7) is 3.74. The highest BCUT2D eigenvalue weighted by atomic mass is 127. The topological polar surface area (TPSA) is 58.5 Å². The molecule has 0 saturated carbocycles. The van der Waals surface area contributed by atoms with Crippen LogP contribution in [0.3, 0.4) is 0 Å². The van der Waals surface area contributed by atoms with E-state index in [-0.39, 0.29) is 24.0 Å². The van der Waals surface area contributed by atoms with Gasteiger partial charge < -0.3 is 15.4 Å². The van der Waals surface area contributed by atoms with Gasteiger partial charge in [0.1, 0.15) is 0 Å². The molecule has 3 atom stereocenters. The molecule has 1 aromatic rings. The molecule has 3 rings (SSSR count). The molecule has 0 aromatic carbocycles. The number of nitrogens with zero attached hydrogens (tertiary/aromatic N) is 2. The third-order valence-corrected chi connectivity index (χ3v) is 4.69. The van der Waals surface area contributed by atoms with Crippen LogP contribution in [-0.2, 0) is 11.2 Å². The van der Waals surface area contributed by atoms with Gasteiger partial charge >= 0.3 is 0 Å². The number of hydrogen-bond donors (Lipinski definition) is 2. The van der Waals surface area contributed by atoms with Crippen LogP contribution < -0.4 is 10.6 Å². The van der Waals surface area contributed by atoms with Crippen molar-refractivity contribution in [1.82, 2.24) is 15.6 Å². The number of halogens is 1. The Morgan fingerprint density at radius 1 is 1.52 bits per heavy atom. The van der Waals surface area contributed by atoms with Gasteiger partial charge in [-0.3, -0.25) is 4.99 Å². The summed E-state index contributed by atoms with van der Waals surface area (Å²) in [5, 5.41) is 10.00. The number of aromatic nitrogens is 1. The Balaban J connectivity index is 0.00000161. The van der Waals surface area contributed by atoms with Gasteiger partial charge in [-0.2, -0.15) is 0 Å². The zero-order chi connectivity index (χ0) is 13.8. The summed E-state index contributed by atoms with van der Waals surface area (Å²) in [6.07, 6.45) is 7.11. The quantitative estimate of drug-likeness (QED) is 0.434. The Kier molecular flexibility index (Phi) is 6.69. The fraction of sp³-hybridized carbons (Fsp3) is 0.714. The summed E-state index contributed by atoms with van der Waals surface area (Å²) in [7, 11) is 0. The van der Waals surface area contributed by atoms with Gasteiger partial charge in [0.05, 0.1) is 23.3 Å². The van der Waals surface area contributed by atoms with E-state index in [9.17, 15) is 0 Å². The lowest BCUT2D eigenvalue weighted by Crippen LogP contribution is -2.47. The smallest absolute Gasteiger partial charge is 0.191 e. The van der Waals surface area contributed by atoms with Crippen LogP contribution in [0.15, 0.2) is 16.6 Å². The van der Waals surface area contributed by atoms with Crippen molar-refractivity contribution in [2.45, 2.75) is 50.9 Å². The molecule has 2 aliphatic heterocycles. The van der Waals surface area contributed by atoms with E-state index in [0.717, 1.165) is 36.9 Å².